The van der Waals surface area contributed by atoms with Crippen molar-refractivity contribution in [3.8, 4) is 6.07 Å². The van der Waals surface area contributed by atoms with Crippen molar-refractivity contribution < 1.29 is 0 Å². The summed E-state index contributed by atoms with van der Waals surface area (Å²) in [7, 11) is 0. The number of hydrogen-bond donors (Lipinski definition) is 1. The maximum atomic E-state index is 9.55. The van der Waals surface area contributed by atoms with E-state index in [1.807, 2.05) is 25.1 Å². The van der Waals surface area contributed by atoms with E-state index in [2.05, 4.69) is 36.0 Å². The number of aromatic amines is 1. The number of pyridine rings is 1. The zero-order chi connectivity index (χ0) is 18.1. The van der Waals surface area contributed by atoms with E-state index in [-0.39, 0.29) is 0 Å². The van der Waals surface area contributed by atoms with Gasteiger partial charge in [0.05, 0.1) is 23.3 Å². The molecule has 0 unspecified atom stereocenters. The van der Waals surface area contributed by atoms with Crippen LogP contribution in [-0.4, -0.2) is 51.2 Å². The molecule has 1 fully saturated rings. The molecular formula is C18H18ClN7. The highest BCUT2D eigenvalue weighted by atomic mass is 35.5. The van der Waals surface area contributed by atoms with E-state index in [1.165, 1.54) is 0 Å². The number of hydrogen-bond acceptors (Lipinski definition) is 6. The smallest absolute Gasteiger partial charge is 0.164 e. The Morgan fingerprint density at radius 2 is 2.08 bits per heavy atom. The van der Waals surface area contributed by atoms with E-state index in [1.54, 1.807) is 6.20 Å². The third-order valence-electron chi connectivity index (χ3n) is 4.62. The molecule has 0 saturated carbocycles. The Morgan fingerprint density at radius 1 is 1.27 bits per heavy atom. The van der Waals surface area contributed by atoms with Crippen molar-refractivity contribution in [1.82, 2.24) is 25.1 Å². The number of piperazine rings is 1. The molecule has 1 aromatic carbocycles. The second kappa shape index (κ2) is 6.90. The lowest BCUT2D eigenvalue weighted by molar-refractivity contribution is 0.244. The highest BCUT2D eigenvalue weighted by Gasteiger charge is 2.22. The first kappa shape index (κ1) is 16.8. The quantitative estimate of drug-likeness (QED) is 0.765. The number of benzene rings is 1. The van der Waals surface area contributed by atoms with Crippen LogP contribution in [0.25, 0.3) is 10.9 Å². The molecule has 26 heavy (non-hydrogen) atoms. The lowest BCUT2D eigenvalue weighted by atomic mass is 10.1. The summed E-state index contributed by atoms with van der Waals surface area (Å²) in [6.07, 6.45) is 1.65. The van der Waals surface area contributed by atoms with Crippen LogP contribution in [0.1, 0.15) is 17.2 Å². The molecule has 0 spiro atoms. The Balaban J connectivity index is 1.57. The molecule has 0 bridgehead atoms. The topological polar surface area (TPSA) is 84.7 Å². The lowest BCUT2D eigenvalue weighted by Crippen LogP contribution is -2.46. The molecule has 8 heteroatoms. The fraction of sp³-hybridized carbons (Fsp3) is 0.333. The van der Waals surface area contributed by atoms with Crippen LogP contribution in [0.2, 0.25) is 5.02 Å². The number of rotatable bonds is 3. The highest BCUT2D eigenvalue weighted by molar-refractivity contribution is 6.31. The fourth-order valence-corrected chi connectivity index (χ4v) is 3.53. The number of aromatic nitrogens is 4. The molecular weight excluding hydrogens is 350 g/mol. The number of H-pyrrole nitrogens is 1. The minimum absolute atomic E-state index is 0.581. The minimum atomic E-state index is 0.581. The lowest BCUT2D eigenvalue weighted by Gasteiger charge is -2.36. The van der Waals surface area contributed by atoms with Gasteiger partial charge in [-0.3, -0.25) is 15.0 Å². The van der Waals surface area contributed by atoms with E-state index < -0.39 is 0 Å². The molecule has 3 aromatic rings. The third kappa shape index (κ3) is 3.21. The summed E-state index contributed by atoms with van der Waals surface area (Å²) in [6.45, 7) is 6.03. The van der Waals surface area contributed by atoms with Gasteiger partial charge in [-0.1, -0.05) is 11.6 Å². The summed E-state index contributed by atoms with van der Waals surface area (Å²) < 4.78 is 0. The van der Waals surface area contributed by atoms with Gasteiger partial charge in [0.25, 0.3) is 0 Å². The van der Waals surface area contributed by atoms with Crippen LogP contribution < -0.4 is 4.90 Å². The number of nitrogens with zero attached hydrogens (tertiary/aromatic N) is 6. The molecule has 0 radical (unpaired) electrons. The van der Waals surface area contributed by atoms with E-state index in [4.69, 9.17) is 11.6 Å². The van der Waals surface area contributed by atoms with Crippen molar-refractivity contribution in [2.75, 3.05) is 31.1 Å². The first-order valence-electron chi connectivity index (χ1n) is 8.47. The van der Waals surface area contributed by atoms with Gasteiger partial charge in [0.1, 0.15) is 11.9 Å². The van der Waals surface area contributed by atoms with E-state index in [0.717, 1.165) is 61.0 Å². The number of nitrogens with one attached hydrogen (secondary N) is 1. The Labute approximate surface area is 156 Å². The van der Waals surface area contributed by atoms with Crippen LogP contribution in [0, 0.1) is 18.3 Å². The second-order valence-corrected chi connectivity index (χ2v) is 6.83. The third-order valence-corrected chi connectivity index (χ3v) is 4.85. The van der Waals surface area contributed by atoms with Crippen LogP contribution in [0.5, 0.6) is 0 Å². The molecule has 7 nitrogen and oxygen atoms in total. The van der Waals surface area contributed by atoms with E-state index in [0.29, 0.717) is 10.6 Å². The van der Waals surface area contributed by atoms with Crippen molar-refractivity contribution in [3.05, 3.63) is 46.6 Å². The summed E-state index contributed by atoms with van der Waals surface area (Å²) >= 11 is 6.19. The highest BCUT2D eigenvalue weighted by Crippen LogP contribution is 2.32. The average Bonchev–Trinajstić information content (AvgIpc) is 3.06. The Bertz CT molecular complexity index is 983. The molecule has 3 heterocycles. The summed E-state index contributed by atoms with van der Waals surface area (Å²) in [4.78, 5) is 13.3. The van der Waals surface area contributed by atoms with Crippen LogP contribution in [0.3, 0.4) is 0 Å². The van der Waals surface area contributed by atoms with Gasteiger partial charge in [-0.15, -0.1) is 0 Å². The number of halogens is 1. The Kier molecular flexibility index (Phi) is 4.45. The van der Waals surface area contributed by atoms with Crippen molar-refractivity contribution in [2.24, 2.45) is 0 Å². The van der Waals surface area contributed by atoms with E-state index in [9.17, 15) is 5.26 Å². The first-order valence-corrected chi connectivity index (χ1v) is 8.85. The maximum Gasteiger partial charge on any atom is 0.164 e. The molecule has 1 aliphatic heterocycles. The Morgan fingerprint density at radius 3 is 2.77 bits per heavy atom. The SMILES string of the molecule is Cc1nc(CN2CCN(c3c(C#N)cnc4ccc(Cl)cc34)CC2)n[nH]1. The Hall–Kier alpha value is -2.69. The molecule has 1 N–H and O–H groups in total. The van der Waals surface area contributed by atoms with Crippen LogP contribution in [0.4, 0.5) is 5.69 Å². The van der Waals surface area contributed by atoms with Gasteiger partial charge < -0.3 is 4.90 Å². The molecule has 0 amide bonds. The van der Waals surface area contributed by atoms with Gasteiger partial charge in [-0.25, -0.2) is 4.98 Å². The summed E-state index contributed by atoms with van der Waals surface area (Å²) in [6, 6.07) is 7.88. The summed E-state index contributed by atoms with van der Waals surface area (Å²) in [5.41, 5.74) is 2.35. The van der Waals surface area contributed by atoms with Crippen molar-refractivity contribution in [3.63, 3.8) is 0 Å². The second-order valence-electron chi connectivity index (χ2n) is 6.39. The minimum Gasteiger partial charge on any atom is -0.367 e. The fourth-order valence-electron chi connectivity index (χ4n) is 3.36. The van der Waals surface area contributed by atoms with E-state index >= 15 is 0 Å². The zero-order valence-electron chi connectivity index (χ0n) is 14.4. The molecule has 1 aliphatic rings. The van der Waals surface area contributed by atoms with Gasteiger partial charge in [-0.05, 0) is 25.1 Å². The van der Waals surface area contributed by atoms with Crippen LogP contribution in [-0.2, 0) is 6.54 Å². The standard InChI is InChI=1S/C18H18ClN7/c1-12-22-17(24-23-12)11-25-4-6-26(7-5-25)18-13(9-20)10-21-16-3-2-14(19)8-15(16)18/h2-3,8,10H,4-7,11H2,1H3,(H,22,23,24). The van der Waals surface area contributed by atoms with Crippen LogP contribution in [0.15, 0.2) is 24.4 Å². The van der Waals surface area contributed by atoms with Gasteiger partial charge in [0.15, 0.2) is 5.82 Å². The van der Waals surface area contributed by atoms with Crippen molar-refractivity contribution in [2.45, 2.75) is 13.5 Å². The van der Waals surface area contributed by atoms with Gasteiger partial charge in [0, 0.05) is 42.8 Å². The average molecular weight is 368 g/mol. The zero-order valence-corrected chi connectivity index (χ0v) is 15.2. The predicted octanol–water partition coefficient (Wildman–Crippen LogP) is 2.51. The molecule has 0 aliphatic carbocycles. The largest absolute Gasteiger partial charge is 0.367 e. The summed E-state index contributed by atoms with van der Waals surface area (Å²) in [5, 5.41) is 18.2. The first-order chi connectivity index (χ1) is 12.6. The van der Waals surface area contributed by atoms with Crippen molar-refractivity contribution in [1.29, 1.82) is 5.26 Å². The summed E-state index contributed by atoms with van der Waals surface area (Å²) in [5.74, 6) is 1.65. The van der Waals surface area contributed by atoms with Gasteiger partial charge in [0.2, 0.25) is 0 Å². The number of fused-ring (bicyclic) bond motifs is 1. The molecule has 2 aromatic heterocycles. The monoisotopic (exact) mass is 367 g/mol. The molecule has 0 atom stereocenters. The number of anilines is 1. The number of aryl methyl sites for hydroxylation is 1. The van der Waals surface area contributed by atoms with Crippen LogP contribution >= 0.6 is 11.6 Å². The number of nitriles is 1. The predicted molar refractivity (Wildman–Crippen MR) is 100 cm³/mol. The van der Waals surface area contributed by atoms with Crippen molar-refractivity contribution >= 4 is 28.2 Å². The maximum absolute atomic E-state index is 9.55. The van der Waals surface area contributed by atoms with Gasteiger partial charge in [-0.2, -0.15) is 10.4 Å². The molecule has 132 valence electrons. The normalized spacial score (nSPS) is 15.3. The molecule has 4 rings (SSSR count). The molecule has 1 saturated heterocycles. The van der Waals surface area contributed by atoms with Gasteiger partial charge >= 0.3 is 0 Å².